The summed E-state index contributed by atoms with van der Waals surface area (Å²) < 4.78 is 0. The zero-order valence-corrected chi connectivity index (χ0v) is 9.95. The monoisotopic (exact) mass is 240 g/mol. The molecule has 0 aromatic heterocycles. The fourth-order valence-corrected chi connectivity index (χ4v) is 2.73. The summed E-state index contributed by atoms with van der Waals surface area (Å²) in [6, 6.07) is 0.271. The third-order valence-electron chi connectivity index (χ3n) is 3.84. The molecule has 17 heavy (non-hydrogen) atoms. The minimum absolute atomic E-state index is 0.0562. The number of nitrogens with one attached hydrogen (secondary N) is 2. The minimum Gasteiger partial charge on any atom is -0.481 e. The maximum Gasteiger partial charge on any atom is 0.306 e. The Bertz CT molecular complexity index is 300. The SMILES string of the molecule is O=C(O)[C@H]1CC[C@@H](C(=O)NC2CCNCC2)C1. The number of piperidine rings is 1. The third kappa shape index (κ3) is 3.19. The minimum atomic E-state index is -0.762. The van der Waals surface area contributed by atoms with Crippen LogP contribution in [-0.4, -0.2) is 36.1 Å². The molecule has 2 fully saturated rings. The van der Waals surface area contributed by atoms with Gasteiger partial charge in [-0.05, 0) is 45.2 Å². The Hall–Kier alpha value is -1.10. The molecule has 1 amide bonds. The van der Waals surface area contributed by atoms with Gasteiger partial charge in [-0.15, -0.1) is 0 Å². The fraction of sp³-hybridized carbons (Fsp3) is 0.833. The first-order chi connectivity index (χ1) is 8.16. The van der Waals surface area contributed by atoms with E-state index < -0.39 is 5.97 Å². The van der Waals surface area contributed by atoms with Crippen LogP contribution in [0.4, 0.5) is 0 Å². The van der Waals surface area contributed by atoms with Crippen LogP contribution in [0.25, 0.3) is 0 Å². The van der Waals surface area contributed by atoms with Gasteiger partial charge >= 0.3 is 5.97 Å². The summed E-state index contributed by atoms with van der Waals surface area (Å²) in [5, 5.41) is 15.2. The molecule has 1 aliphatic carbocycles. The van der Waals surface area contributed by atoms with E-state index in [1.807, 2.05) is 0 Å². The lowest BCUT2D eigenvalue weighted by Gasteiger charge is -2.25. The molecule has 1 aliphatic heterocycles. The predicted molar refractivity (Wildman–Crippen MR) is 62.5 cm³/mol. The van der Waals surface area contributed by atoms with E-state index in [9.17, 15) is 9.59 Å². The number of amides is 1. The Kier molecular flexibility index (Phi) is 3.99. The van der Waals surface area contributed by atoms with Crippen LogP contribution in [0.2, 0.25) is 0 Å². The average Bonchev–Trinajstić information content (AvgIpc) is 2.79. The molecule has 5 nitrogen and oxygen atoms in total. The Morgan fingerprint density at radius 3 is 2.29 bits per heavy atom. The van der Waals surface area contributed by atoms with Crippen molar-refractivity contribution in [2.24, 2.45) is 11.8 Å². The summed E-state index contributed by atoms with van der Waals surface area (Å²) >= 11 is 0. The van der Waals surface area contributed by atoms with Crippen LogP contribution in [0.15, 0.2) is 0 Å². The van der Waals surface area contributed by atoms with Crippen molar-refractivity contribution in [3.8, 4) is 0 Å². The predicted octanol–water partition coefficient (Wildman–Crippen LogP) is 0.355. The van der Waals surface area contributed by atoms with E-state index in [4.69, 9.17) is 5.11 Å². The summed E-state index contributed by atoms with van der Waals surface area (Å²) in [6.07, 6.45) is 3.81. The van der Waals surface area contributed by atoms with E-state index in [2.05, 4.69) is 10.6 Å². The molecule has 0 radical (unpaired) electrons. The molecule has 2 atom stereocenters. The second-order valence-corrected chi connectivity index (χ2v) is 5.08. The molecular weight excluding hydrogens is 220 g/mol. The molecular formula is C12H20N2O3. The maximum absolute atomic E-state index is 12.0. The van der Waals surface area contributed by atoms with Gasteiger partial charge in [-0.1, -0.05) is 0 Å². The summed E-state index contributed by atoms with van der Waals surface area (Å²) in [7, 11) is 0. The number of carbonyl (C=O) groups is 2. The Balaban J connectivity index is 1.78. The molecule has 0 bridgehead atoms. The number of aliphatic carboxylic acids is 1. The van der Waals surface area contributed by atoms with Crippen LogP contribution in [0.5, 0.6) is 0 Å². The second-order valence-electron chi connectivity index (χ2n) is 5.08. The van der Waals surface area contributed by atoms with Gasteiger partial charge in [-0.25, -0.2) is 0 Å². The van der Waals surface area contributed by atoms with Gasteiger partial charge < -0.3 is 15.7 Å². The van der Waals surface area contributed by atoms with E-state index >= 15 is 0 Å². The van der Waals surface area contributed by atoms with Crippen LogP contribution in [0.3, 0.4) is 0 Å². The van der Waals surface area contributed by atoms with Crippen LogP contribution < -0.4 is 10.6 Å². The summed E-state index contributed by atoms with van der Waals surface area (Å²) in [5.74, 6) is -1.12. The van der Waals surface area contributed by atoms with Gasteiger partial charge in [0.2, 0.25) is 5.91 Å². The Morgan fingerprint density at radius 2 is 1.71 bits per heavy atom. The largest absolute Gasteiger partial charge is 0.481 e. The lowest BCUT2D eigenvalue weighted by Crippen LogP contribution is -2.44. The van der Waals surface area contributed by atoms with Crippen LogP contribution in [0.1, 0.15) is 32.1 Å². The first-order valence-electron chi connectivity index (χ1n) is 6.40. The standard InChI is InChI=1S/C12H20N2O3/c15-11(14-10-3-5-13-6-4-10)8-1-2-9(7-8)12(16)17/h8-10,13H,1-7H2,(H,14,15)(H,16,17)/t8-,9+/m1/s1. The molecule has 0 unspecified atom stereocenters. The van der Waals surface area contributed by atoms with E-state index in [0.29, 0.717) is 19.3 Å². The number of hydrogen-bond donors (Lipinski definition) is 3. The lowest BCUT2D eigenvalue weighted by molar-refractivity contribution is -0.141. The highest BCUT2D eigenvalue weighted by Gasteiger charge is 2.34. The number of carboxylic acid groups (broad SMARTS) is 1. The molecule has 0 spiro atoms. The molecule has 5 heteroatoms. The van der Waals surface area contributed by atoms with E-state index in [1.165, 1.54) is 0 Å². The van der Waals surface area contributed by atoms with E-state index in [1.54, 1.807) is 0 Å². The van der Waals surface area contributed by atoms with Gasteiger partial charge in [0, 0.05) is 12.0 Å². The van der Waals surface area contributed by atoms with Crippen molar-refractivity contribution < 1.29 is 14.7 Å². The number of rotatable bonds is 3. The number of hydrogen-bond acceptors (Lipinski definition) is 3. The van der Waals surface area contributed by atoms with Gasteiger partial charge in [0.15, 0.2) is 0 Å². The molecule has 0 aromatic rings. The molecule has 1 saturated heterocycles. The smallest absolute Gasteiger partial charge is 0.306 e. The topological polar surface area (TPSA) is 78.4 Å². The molecule has 96 valence electrons. The molecule has 0 aromatic carbocycles. The lowest BCUT2D eigenvalue weighted by atomic mass is 10.0. The zero-order valence-electron chi connectivity index (χ0n) is 9.95. The van der Waals surface area contributed by atoms with Crippen molar-refractivity contribution in [1.82, 2.24) is 10.6 Å². The highest BCUT2D eigenvalue weighted by atomic mass is 16.4. The molecule has 3 N–H and O–H groups in total. The van der Waals surface area contributed by atoms with Crippen molar-refractivity contribution >= 4 is 11.9 Å². The van der Waals surface area contributed by atoms with Gasteiger partial charge in [0.05, 0.1) is 5.92 Å². The van der Waals surface area contributed by atoms with Crippen LogP contribution >= 0.6 is 0 Å². The van der Waals surface area contributed by atoms with Gasteiger partial charge in [-0.3, -0.25) is 9.59 Å². The highest BCUT2D eigenvalue weighted by molar-refractivity contribution is 5.81. The Labute approximate surface area is 101 Å². The molecule has 2 aliphatic rings. The van der Waals surface area contributed by atoms with E-state index in [-0.39, 0.29) is 23.8 Å². The zero-order chi connectivity index (χ0) is 12.3. The fourth-order valence-electron chi connectivity index (χ4n) is 2.73. The van der Waals surface area contributed by atoms with Crippen molar-refractivity contribution in [1.29, 1.82) is 0 Å². The van der Waals surface area contributed by atoms with Crippen molar-refractivity contribution in [2.75, 3.05) is 13.1 Å². The molecule has 1 heterocycles. The number of carboxylic acids is 1. The van der Waals surface area contributed by atoms with E-state index in [0.717, 1.165) is 25.9 Å². The van der Waals surface area contributed by atoms with Crippen molar-refractivity contribution in [2.45, 2.75) is 38.1 Å². The Morgan fingerprint density at radius 1 is 1.06 bits per heavy atom. The van der Waals surface area contributed by atoms with Gasteiger partial charge in [0.1, 0.15) is 0 Å². The first kappa shape index (κ1) is 12.4. The third-order valence-corrected chi connectivity index (χ3v) is 3.84. The normalized spacial score (nSPS) is 30.1. The first-order valence-corrected chi connectivity index (χ1v) is 6.40. The molecule has 2 rings (SSSR count). The van der Waals surface area contributed by atoms with Crippen molar-refractivity contribution in [3.05, 3.63) is 0 Å². The summed E-state index contributed by atoms with van der Waals surface area (Å²) in [5.41, 5.74) is 0. The second kappa shape index (κ2) is 5.49. The quantitative estimate of drug-likeness (QED) is 0.665. The number of carbonyl (C=O) groups excluding carboxylic acids is 1. The maximum atomic E-state index is 12.0. The van der Waals surface area contributed by atoms with Gasteiger partial charge in [0.25, 0.3) is 0 Å². The summed E-state index contributed by atoms with van der Waals surface area (Å²) in [6.45, 7) is 1.90. The average molecular weight is 240 g/mol. The van der Waals surface area contributed by atoms with Crippen molar-refractivity contribution in [3.63, 3.8) is 0 Å². The molecule has 1 saturated carbocycles. The summed E-state index contributed by atoms with van der Waals surface area (Å²) in [4.78, 5) is 22.8. The van der Waals surface area contributed by atoms with Crippen LogP contribution in [-0.2, 0) is 9.59 Å². The van der Waals surface area contributed by atoms with Crippen LogP contribution in [0, 0.1) is 11.8 Å². The van der Waals surface area contributed by atoms with Gasteiger partial charge in [-0.2, -0.15) is 0 Å². The highest BCUT2D eigenvalue weighted by Crippen LogP contribution is 2.31.